The zero-order chi connectivity index (χ0) is 16.7. The van der Waals surface area contributed by atoms with Gasteiger partial charge in [0, 0.05) is 51.2 Å². The van der Waals surface area contributed by atoms with Gasteiger partial charge in [-0.1, -0.05) is 5.21 Å². The molecule has 124 valence electrons. The predicted molar refractivity (Wildman–Crippen MR) is 87.4 cm³/mol. The summed E-state index contributed by atoms with van der Waals surface area (Å²) in [6.45, 7) is 1.47. The molecule has 0 radical (unpaired) electrons. The van der Waals surface area contributed by atoms with Gasteiger partial charge in [-0.05, 0) is 25.0 Å². The summed E-state index contributed by atoms with van der Waals surface area (Å²) in [6.07, 6.45) is 5.36. The quantitative estimate of drug-likeness (QED) is 0.705. The van der Waals surface area contributed by atoms with Gasteiger partial charge in [0.2, 0.25) is 0 Å². The van der Waals surface area contributed by atoms with Crippen LogP contribution in [-0.2, 0) is 14.1 Å². The van der Waals surface area contributed by atoms with E-state index in [0.29, 0.717) is 22.6 Å². The molecule has 1 saturated heterocycles. The van der Waals surface area contributed by atoms with E-state index < -0.39 is 0 Å². The summed E-state index contributed by atoms with van der Waals surface area (Å²) < 4.78 is 3.51. The van der Waals surface area contributed by atoms with Gasteiger partial charge in [-0.15, -0.1) is 5.10 Å². The molecule has 0 unspecified atom stereocenters. The van der Waals surface area contributed by atoms with Crippen molar-refractivity contribution in [3.05, 3.63) is 35.8 Å². The van der Waals surface area contributed by atoms with Gasteiger partial charge in [0.05, 0.1) is 5.56 Å². The fraction of sp³-hybridized carbons (Fsp3) is 0.438. The van der Waals surface area contributed by atoms with Gasteiger partial charge in [-0.25, -0.2) is 9.67 Å². The van der Waals surface area contributed by atoms with E-state index >= 15 is 0 Å². The van der Waals surface area contributed by atoms with Crippen molar-refractivity contribution in [1.29, 1.82) is 0 Å². The Morgan fingerprint density at radius 2 is 1.92 bits per heavy atom. The highest BCUT2D eigenvalue weighted by Gasteiger charge is 2.27. The Labute approximate surface area is 139 Å². The average molecular weight is 325 g/mol. The van der Waals surface area contributed by atoms with Gasteiger partial charge >= 0.3 is 0 Å². The van der Waals surface area contributed by atoms with Gasteiger partial charge in [-0.3, -0.25) is 9.48 Å². The van der Waals surface area contributed by atoms with E-state index in [4.69, 9.17) is 0 Å². The fourth-order valence-electron chi connectivity index (χ4n) is 3.44. The standard InChI is InChI=1S/C16H19N7O/c1-21-13(4-8-18-21)11-5-9-23(10-6-11)16(24)12-3-7-17-15-14(12)19-20-22(15)2/h3-4,7-8,11H,5-6,9-10H2,1-2H3. The number of nitrogens with zero attached hydrogens (tertiary/aromatic N) is 7. The van der Waals surface area contributed by atoms with E-state index in [1.807, 2.05) is 22.8 Å². The molecule has 24 heavy (non-hydrogen) atoms. The Morgan fingerprint density at radius 3 is 2.62 bits per heavy atom. The maximum Gasteiger partial charge on any atom is 0.256 e. The van der Waals surface area contributed by atoms with Crippen molar-refractivity contribution in [2.45, 2.75) is 18.8 Å². The summed E-state index contributed by atoms with van der Waals surface area (Å²) in [4.78, 5) is 19.0. The first-order valence-corrected chi connectivity index (χ1v) is 8.06. The number of amides is 1. The summed E-state index contributed by atoms with van der Waals surface area (Å²) >= 11 is 0. The van der Waals surface area contributed by atoms with E-state index in [1.165, 1.54) is 5.69 Å². The lowest BCUT2D eigenvalue weighted by Crippen LogP contribution is -2.38. The average Bonchev–Trinajstić information content (AvgIpc) is 3.20. The first kappa shape index (κ1) is 14.8. The van der Waals surface area contributed by atoms with Gasteiger partial charge < -0.3 is 4.90 Å². The number of hydrogen-bond acceptors (Lipinski definition) is 5. The number of carbonyl (C=O) groups is 1. The molecule has 8 heteroatoms. The van der Waals surface area contributed by atoms with Crippen molar-refractivity contribution in [2.75, 3.05) is 13.1 Å². The normalized spacial score (nSPS) is 16.0. The molecule has 3 aromatic heterocycles. The van der Waals surface area contributed by atoms with E-state index in [2.05, 4.69) is 26.5 Å². The third kappa shape index (κ3) is 2.34. The van der Waals surface area contributed by atoms with E-state index in [0.717, 1.165) is 25.9 Å². The topological polar surface area (TPSA) is 81.7 Å². The summed E-state index contributed by atoms with van der Waals surface area (Å²) in [6, 6.07) is 3.79. The molecule has 8 nitrogen and oxygen atoms in total. The Balaban J connectivity index is 1.53. The summed E-state index contributed by atoms with van der Waals surface area (Å²) in [5, 5.41) is 12.3. The van der Waals surface area contributed by atoms with Gasteiger partial charge in [-0.2, -0.15) is 5.10 Å². The number of pyridine rings is 1. The number of hydrogen-bond donors (Lipinski definition) is 0. The van der Waals surface area contributed by atoms with E-state index in [-0.39, 0.29) is 5.91 Å². The van der Waals surface area contributed by atoms with Crippen LogP contribution in [0, 0.1) is 0 Å². The van der Waals surface area contributed by atoms with Crippen LogP contribution in [-0.4, -0.2) is 53.7 Å². The van der Waals surface area contributed by atoms with E-state index in [9.17, 15) is 4.79 Å². The minimum absolute atomic E-state index is 0.00589. The first-order valence-electron chi connectivity index (χ1n) is 8.06. The number of aromatic nitrogens is 6. The number of fused-ring (bicyclic) bond motifs is 1. The van der Waals surface area contributed by atoms with E-state index in [1.54, 1.807) is 24.0 Å². The van der Waals surface area contributed by atoms with Crippen LogP contribution in [0.1, 0.15) is 34.8 Å². The summed E-state index contributed by atoms with van der Waals surface area (Å²) in [7, 11) is 3.74. The molecule has 3 aromatic rings. The minimum Gasteiger partial charge on any atom is -0.339 e. The monoisotopic (exact) mass is 325 g/mol. The fourth-order valence-corrected chi connectivity index (χ4v) is 3.44. The molecule has 1 amide bonds. The van der Waals surface area contributed by atoms with Crippen LogP contribution in [0.25, 0.3) is 11.2 Å². The van der Waals surface area contributed by atoms with Crippen molar-refractivity contribution < 1.29 is 4.79 Å². The van der Waals surface area contributed by atoms with Crippen LogP contribution in [0.5, 0.6) is 0 Å². The number of aryl methyl sites for hydroxylation is 2. The maximum absolute atomic E-state index is 12.9. The molecule has 0 bridgehead atoms. The molecule has 0 aliphatic carbocycles. The van der Waals surface area contributed by atoms with Crippen molar-refractivity contribution in [1.82, 2.24) is 34.7 Å². The lowest BCUT2D eigenvalue weighted by Gasteiger charge is -2.32. The van der Waals surface area contributed by atoms with Crippen molar-refractivity contribution in [2.24, 2.45) is 14.1 Å². The van der Waals surface area contributed by atoms with Crippen LogP contribution in [0.15, 0.2) is 24.5 Å². The maximum atomic E-state index is 12.9. The third-order valence-electron chi connectivity index (χ3n) is 4.78. The number of rotatable bonds is 2. The zero-order valence-electron chi connectivity index (χ0n) is 13.8. The molecule has 0 aromatic carbocycles. The first-order chi connectivity index (χ1) is 11.6. The molecule has 0 atom stereocenters. The Hall–Kier alpha value is -2.77. The molecule has 0 spiro atoms. The second-order valence-electron chi connectivity index (χ2n) is 6.19. The minimum atomic E-state index is 0.00589. The Kier molecular flexibility index (Phi) is 3.51. The van der Waals surface area contributed by atoms with Crippen LogP contribution >= 0.6 is 0 Å². The number of piperidine rings is 1. The van der Waals surface area contributed by atoms with Crippen molar-refractivity contribution in [3.63, 3.8) is 0 Å². The largest absolute Gasteiger partial charge is 0.339 e. The van der Waals surface area contributed by atoms with Gasteiger partial charge in [0.1, 0.15) is 5.52 Å². The van der Waals surface area contributed by atoms with Crippen LogP contribution in [0.4, 0.5) is 0 Å². The number of carbonyl (C=O) groups excluding carboxylic acids is 1. The highest BCUT2D eigenvalue weighted by molar-refractivity contribution is 6.03. The molecule has 4 heterocycles. The highest BCUT2D eigenvalue weighted by atomic mass is 16.2. The van der Waals surface area contributed by atoms with Crippen LogP contribution in [0.2, 0.25) is 0 Å². The van der Waals surface area contributed by atoms with Crippen LogP contribution < -0.4 is 0 Å². The molecule has 0 saturated carbocycles. The van der Waals surface area contributed by atoms with Crippen molar-refractivity contribution >= 4 is 17.1 Å². The smallest absolute Gasteiger partial charge is 0.256 e. The van der Waals surface area contributed by atoms with Crippen molar-refractivity contribution in [3.8, 4) is 0 Å². The molecule has 0 N–H and O–H groups in total. The second-order valence-corrected chi connectivity index (χ2v) is 6.19. The Morgan fingerprint density at radius 1 is 1.12 bits per heavy atom. The lowest BCUT2D eigenvalue weighted by atomic mass is 9.93. The second kappa shape index (κ2) is 5.70. The molecule has 1 aliphatic rings. The summed E-state index contributed by atoms with van der Waals surface area (Å²) in [5.74, 6) is 0.460. The zero-order valence-corrected chi connectivity index (χ0v) is 13.8. The third-order valence-corrected chi connectivity index (χ3v) is 4.78. The number of likely N-dealkylation sites (tertiary alicyclic amines) is 1. The predicted octanol–water partition coefficient (Wildman–Crippen LogP) is 1.12. The molecule has 1 aliphatic heterocycles. The lowest BCUT2D eigenvalue weighted by molar-refractivity contribution is 0.0713. The SMILES string of the molecule is Cn1nccc1C1CCN(C(=O)c2ccnc3c2nnn3C)CC1. The highest BCUT2D eigenvalue weighted by Crippen LogP contribution is 2.28. The molecular formula is C16H19N7O. The summed E-state index contributed by atoms with van der Waals surface area (Å²) in [5.41, 5.74) is 3.01. The van der Waals surface area contributed by atoms with Gasteiger partial charge in [0.15, 0.2) is 5.65 Å². The van der Waals surface area contributed by atoms with Crippen LogP contribution in [0.3, 0.4) is 0 Å². The molecular weight excluding hydrogens is 306 g/mol. The Bertz CT molecular complexity index is 889. The molecule has 1 fully saturated rings. The molecule has 4 rings (SSSR count). The van der Waals surface area contributed by atoms with Gasteiger partial charge in [0.25, 0.3) is 5.91 Å².